The molecule has 0 atom stereocenters. The summed E-state index contributed by atoms with van der Waals surface area (Å²) in [7, 11) is 1.60. The zero-order chi connectivity index (χ0) is 18.2. The van der Waals surface area contributed by atoms with Crippen LogP contribution >= 0.6 is 11.8 Å². The first-order valence-corrected chi connectivity index (χ1v) is 8.97. The normalized spacial score (nSPS) is 11.2. The monoisotopic (exact) mass is 357 g/mol. The van der Waals surface area contributed by atoms with E-state index >= 15 is 0 Å². The maximum absolute atomic E-state index is 10.6. The number of anilines is 1. The summed E-state index contributed by atoms with van der Waals surface area (Å²) in [5, 5.41) is 15.0. The fraction of sp³-hybridized carbons (Fsp3) is 0.263. The number of hydrazone groups is 1. The number of carbonyl (C=O) groups excluding carboxylic acids is 1. The summed E-state index contributed by atoms with van der Waals surface area (Å²) in [6.45, 7) is 3.96. The molecule has 0 aliphatic heterocycles. The number of carbonyl (C=O) groups is 1. The van der Waals surface area contributed by atoms with Crippen LogP contribution in [-0.2, 0) is 10.5 Å². The average Bonchev–Trinajstić information content (AvgIpc) is 2.60. The third-order valence-electron chi connectivity index (χ3n) is 3.58. The number of hydrogen-bond acceptors (Lipinski definition) is 6. The molecule has 132 valence electrons. The second-order valence-corrected chi connectivity index (χ2v) is 6.55. The standard InChI is InChI=1S/C19H22N2O3S/c1-13-4-7-17(8-5-13)21-20-14(2)15-6-9-18(24-3)16(10-15)11-25-12-19(22)23/h4-10,21H,11-12H2,1-3H3,(H,22,23)/p-1/b20-14-. The van der Waals surface area contributed by atoms with Gasteiger partial charge in [-0.15, -0.1) is 0 Å². The Morgan fingerprint density at radius 1 is 1.24 bits per heavy atom. The summed E-state index contributed by atoms with van der Waals surface area (Å²) < 4.78 is 5.35. The highest BCUT2D eigenvalue weighted by Crippen LogP contribution is 2.25. The summed E-state index contributed by atoms with van der Waals surface area (Å²) in [5.41, 5.74) is 7.86. The second-order valence-electron chi connectivity index (χ2n) is 5.57. The lowest BCUT2D eigenvalue weighted by Gasteiger charge is -2.11. The predicted molar refractivity (Wildman–Crippen MR) is 101 cm³/mol. The Labute approximate surface area is 152 Å². The van der Waals surface area contributed by atoms with Crippen LogP contribution in [0.1, 0.15) is 23.6 Å². The molecule has 0 aliphatic rings. The molecule has 0 aromatic heterocycles. The third-order valence-corrected chi connectivity index (χ3v) is 4.53. The van der Waals surface area contributed by atoms with E-state index in [9.17, 15) is 9.90 Å². The molecule has 5 nitrogen and oxygen atoms in total. The van der Waals surface area contributed by atoms with Crippen LogP contribution in [0.2, 0.25) is 0 Å². The number of aryl methyl sites for hydroxylation is 1. The van der Waals surface area contributed by atoms with Gasteiger partial charge in [-0.25, -0.2) is 0 Å². The van der Waals surface area contributed by atoms with Crippen LogP contribution < -0.4 is 15.3 Å². The highest BCUT2D eigenvalue weighted by molar-refractivity contribution is 7.99. The number of benzene rings is 2. The van der Waals surface area contributed by atoms with E-state index in [0.29, 0.717) is 5.75 Å². The SMILES string of the molecule is COc1ccc(/C(C)=N\Nc2ccc(C)cc2)cc1CSCC(=O)[O-]. The molecular formula is C19H21N2O3S-. The number of nitrogens with one attached hydrogen (secondary N) is 1. The van der Waals surface area contributed by atoms with Crippen molar-refractivity contribution in [3.8, 4) is 5.75 Å². The fourth-order valence-electron chi connectivity index (χ4n) is 2.20. The Morgan fingerprint density at radius 2 is 1.96 bits per heavy atom. The Morgan fingerprint density at radius 3 is 2.60 bits per heavy atom. The van der Waals surface area contributed by atoms with Gasteiger partial charge in [0.25, 0.3) is 0 Å². The molecule has 0 heterocycles. The van der Waals surface area contributed by atoms with E-state index in [1.807, 2.05) is 56.3 Å². The summed E-state index contributed by atoms with van der Waals surface area (Å²) in [6, 6.07) is 13.8. The van der Waals surface area contributed by atoms with Gasteiger partial charge in [0, 0.05) is 17.1 Å². The van der Waals surface area contributed by atoms with Crippen LogP contribution in [0.25, 0.3) is 0 Å². The van der Waals surface area contributed by atoms with Crippen molar-refractivity contribution in [3.63, 3.8) is 0 Å². The van der Waals surface area contributed by atoms with Crippen LogP contribution in [0.15, 0.2) is 47.6 Å². The number of methoxy groups -OCH3 is 1. The lowest BCUT2D eigenvalue weighted by Crippen LogP contribution is -2.24. The molecule has 0 spiro atoms. The van der Waals surface area contributed by atoms with Crippen molar-refractivity contribution in [3.05, 3.63) is 59.2 Å². The molecule has 0 unspecified atom stereocenters. The zero-order valence-corrected chi connectivity index (χ0v) is 15.4. The largest absolute Gasteiger partial charge is 0.549 e. The Balaban J connectivity index is 2.12. The van der Waals surface area contributed by atoms with E-state index in [1.54, 1.807) is 7.11 Å². The van der Waals surface area contributed by atoms with Crippen molar-refractivity contribution in [2.45, 2.75) is 19.6 Å². The number of hydrogen-bond donors (Lipinski definition) is 1. The first-order valence-electron chi connectivity index (χ1n) is 7.81. The number of nitrogens with zero attached hydrogens (tertiary/aromatic N) is 1. The summed E-state index contributed by atoms with van der Waals surface area (Å²) in [4.78, 5) is 10.6. The van der Waals surface area contributed by atoms with Gasteiger partial charge in [-0.1, -0.05) is 17.7 Å². The van der Waals surface area contributed by atoms with E-state index in [1.165, 1.54) is 17.3 Å². The van der Waals surface area contributed by atoms with Gasteiger partial charge in [0.2, 0.25) is 0 Å². The van der Waals surface area contributed by atoms with Crippen molar-refractivity contribution >= 4 is 29.1 Å². The molecule has 25 heavy (non-hydrogen) atoms. The number of carboxylic acids is 1. The molecule has 0 bridgehead atoms. The highest BCUT2D eigenvalue weighted by atomic mass is 32.2. The maximum Gasteiger partial charge on any atom is 0.122 e. The van der Waals surface area contributed by atoms with Crippen molar-refractivity contribution in [1.82, 2.24) is 0 Å². The van der Waals surface area contributed by atoms with Crippen LogP contribution in [0.4, 0.5) is 5.69 Å². The first kappa shape index (κ1) is 18.9. The molecule has 6 heteroatoms. The number of aliphatic carboxylic acids is 1. The summed E-state index contributed by atoms with van der Waals surface area (Å²) in [6.07, 6.45) is 0. The van der Waals surface area contributed by atoms with E-state index in [4.69, 9.17) is 4.74 Å². The minimum absolute atomic E-state index is 0.0462. The molecule has 0 aliphatic carbocycles. The molecule has 2 aromatic carbocycles. The van der Waals surface area contributed by atoms with Crippen LogP contribution in [0.5, 0.6) is 5.75 Å². The molecule has 0 fully saturated rings. The Bertz CT molecular complexity index is 758. The van der Waals surface area contributed by atoms with E-state index in [0.717, 1.165) is 28.3 Å². The molecule has 0 saturated carbocycles. The van der Waals surface area contributed by atoms with Gasteiger partial charge in [0.15, 0.2) is 0 Å². The smallest absolute Gasteiger partial charge is 0.122 e. The molecule has 2 rings (SSSR count). The number of carboxylic acid groups (broad SMARTS) is 1. The Kier molecular flexibility index (Phi) is 6.89. The van der Waals surface area contributed by atoms with E-state index in [2.05, 4.69) is 10.5 Å². The van der Waals surface area contributed by atoms with Gasteiger partial charge in [-0.3, -0.25) is 5.43 Å². The number of thioether (sulfide) groups is 1. The van der Waals surface area contributed by atoms with Gasteiger partial charge in [-0.05, 0) is 49.7 Å². The van der Waals surface area contributed by atoms with Gasteiger partial charge in [0.1, 0.15) is 5.75 Å². The predicted octanol–water partition coefficient (Wildman–Crippen LogP) is 2.82. The van der Waals surface area contributed by atoms with Crippen molar-refractivity contribution in [2.75, 3.05) is 18.3 Å². The Hall–Kier alpha value is -2.47. The highest BCUT2D eigenvalue weighted by Gasteiger charge is 2.07. The van der Waals surface area contributed by atoms with Gasteiger partial charge < -0.3 is 14.6 Å². The van der Waals surface area contributed by atoms with Crippen molar-refractivity contribution < 1.29 is 14.6 Å². The van der Waals surface area contributed by atoms with Crippen molar-refractivity contribution in [1.29, 1.82) is 0 Å². The minimum atomic E-state index is -1.07. The lowest BCUT2D eigenvalue weighted by molar-refractivity contribution is -0.301. The molecule has 0 saturated heterocycles. The quantitative estimate of drug-likeness (QED) is 0.581. The maximum atomic E-state index is 10.6. The van der Waals surface area contributed by atoms with Crippen LogP contribution in [0, 0.1) is 6.92 Å². The number of rotatable bonds is 8. The second kappa shape index (κ2) is 9.13. The summed E-state index contributed by atoms with van der Waals surface area (Å²) >= 11 is 1.28. The molecular weight excluding hydrogens is 336 g/mol. The van der Waals surface area contributed by atoms with Crippen LogP contribution in [0.3, 0.4) is 0 Å². The zero-order valence-electron chi connectivity index (χ0n) is 14.5. The van der Waals surface area contributed by atoms with Crippen molar-refractivity contribution in [2.24, 2.45) is 5.10 Å². The van der Waals surface area contributed by atoms with E-state index in [-0.39, 0.29) is 5.75 Å². The molecule has 1 N–H and O–H groups in total. The third kappa shape index (κ3) is 5.83. The molecule has 0 amide bonds. The fourth-order valence-corrected chi connectivity index (χ4v) is 2.92. The minimum Gasteiger partial charge on any atom is -0.549 e. The molecule has 0 radical (unpaired) electrons. The van der Waals surface area contributed by atoms with Crippen LogP contribution in [-0.4, -0.2) is 24.5 Å². The van der Waals surface area contributed by atoms with E-state index < -0.39 is 5.97 Å². The average molecular weight is 357 g/mol. The number of ether oxygens (including phenoxy) is 1. The van der Waals surface area contributed by atoms with Gasteiger partial charge in [0.05, 0.1) is 24.5 Å². The summed E-state index contributed by atoms with van der Waals surface area (Å²) in [5.74, 6) is 0.146. The topological polar surface area (TPSA) is 73.8 Å². The van der Waals surface area contributed by atoms with Gasteiger partial charge in [-0.2, -0.15) is 16.9 Å². The van der Waals surface area contributed by atoms with Gasteiger partial charge >= 0.3 is 0 Å². The first-order chi connectivity index (χ1) is 12.0. The molecule has 2 aromatic rings. The lowest BCUT2D eigenvalue weighted by atomic mass is 10.1.